The lowest BCUT2D eigenvalue weighted by atomic mass is 10.0. The molecule has 0 bridgehead atoms. The van der Waals surface area contributed by atoms with Crippen LogP contribution in [0.25, 0.3) is 0 Å². The summed E-state index contributed by atoms with van der Waals surface area (Å²) in [5, 5.41) is 6.92. The zero-order chi connectivity index (χ0) is 21.1. The first-order valence-electron chi connectivity index (χ1n) is 9.61. The third kappa shape index (κ3) is 4.62. The third-order valence-corrected chi connectivity index (χ3v) is 6.83. The van der Waals surface area contributed by atoms with E-state index in [-0.39, 0.29) is 24.0 Å². The van der Waals surface area contributed by atoms with Gasteiger partial charge in [-0.2, -0.15) is 0 Å². The number of amides is 2. The minimum Gasteiger partial charge on any atom is -0.377 e. The Morgan fingerprint density at radius 1 is 1.38 bits per heavy atom. The van der Waals surface area contributed by atoms with Gasteiger partial charge in [0.05, 0.1) is 17.8 Å². The van der Waals surface area contributed by atoms with Crippen molar-refractivity contribution >= 4 is 45.6 Å². The van der Waals surface area contributed by atoms with Crippen molar-refractivity contribution in [2.75, 3.05) is 32.1 Å². The molecule has 1 unspecified atom stereocenters. The van der Waals surface area contributed by atoms with Crippen molar-refractivity contribution in [3.05, 3.63) is 21.3 Å². The van der Waals surface area contributed by atoms with Crippen molar-refractivity contribution in [3.63, 3.8) is 0 Å². The van der Waals surface area contributed by atoms with E-state index in [4.69, 9.17) is 16.3 Å². The van der Waals surface area contributed by atoms with Crippen LogP contribution >= 0.6 is 22.9 Å². The van der Waals surface area contributed by atoms with Gasteiger partial charge in [-0.15, -0.1) is 0 Å². The van der Waals surface area contributed by atoms with Gasteiger partial charge in [0.25, 0.3) is 11.8 Å². The highest BCUT2D eigenvalue weighted by atomic mass is 35.5. The summed E-state index contributed by atoms with van der Waals surface area (Å²) in [5.74, 6) is -0.327. The maximum absolute atomic E-state index is 12.6. The van der Waals surface area contributed by atoms with Crippen LogP contribution in [-0.2, 0) is 9.53 Å². The van der Waals surface area contributed by atoms with Gasteiger partial charge in [-0.3, -0.25) is 9.59 Å². The Labute approximate surface area is 179 Å². The zero-order valence-electron chi connectivity index (χ0n) is 17.0. The van der Waals surface area contributed by atoms with Gasteiger partial charge in [0.2, 0.25) is 0 Å². The van der Waals surface area contributed by atoms with Crippen molar-refractivity contribution in [1.82, 2.24) is 15.6 Å². The maximum Gasteiger partial charge on any atom is 0.266 e. The number of nitrogens with one attached hydrogen (secondary N) is 2. The first-order chi connectivity index (χ1) is 13.9. The number of ether oxygens (including phenoxy) is 1. The molecule has 1 saturated heterocycles. The fraction of sp³-hybridized carbons (Fsp3) is 0.579. The molecule has 0 radical (unpaired) electrons. The predicted octanol–water partition coefficient (Wildman–Crippen LogP) is 2.23. The quantitative estimate of drug-likeness (QED) is 0.662. The summed E-state index contributed by atoms with van der Waals surface area (Å²) in [4.78, 5) is 36.1. The number of piperidine rings is 1. The molecule has 1 fully saturated rings. The molecule has 0 aromatic carbocycles. The van der Waals surface area contributed by atoms with E-state index in [0.29, 0.717) is 47.4 Å². The Hall–Kier alpha value is -1.97. The molecule has 2 atom stereocenters. The van der Waals surface area contributed by atoms with Gasteiger partial charge in [-0.1, -0.05) is 29.9 Å². The molecule has 0 aliphatic carbocycles. The summed E-state index contributed by atoms with van der Waals surface area (Å²) in [6.07, 6.45) is 1.78. The van der Waals surface area contributed by atoms with Crippen LogP contribution in [0.15, 0.2) is 15.7 Å². The number of rotatable bonds is 6. The van der Waals surface area contributed by atoms with Gasteiger partial charge < -0.3 is 20.3 Å². The highest BCUT2D eigenvalue weighted by molar-refractivity contribution is 7.17. The molecule has 3 rings (SSSR count). The number of thiazole rings is 1. The number of carbonyl (C=O) groups is 2. The summed E-state index contributed by atoms with van der Waals surface area (Å²) >= 11 is 7.47. The molecular formula is C19H26ClN5O3S. The number of nitrogens with zero attached hydrogens (tertiary/aromatic N) is 3. The average Bonchev–Trinajstić information content (AvgIpc) is 3.30. The predicted molar refractivity (Wildman–Crippen MR) is 115 cm³/mol. The van der Waals surface area contributed by atoms with Crippen LogP contribution < -0.4 is 15.5 Å². The van der Waals surface area contributed by atoms with Crippen molar-refractivity contribution in [1.29, 1.82) is 0 Å². The van der Waals surface area contributed by atoms with Crippen LogP contribution in [0.4, 0.5) is 5.13 Å². The number of carbonyl (C=O) groups excluding carboxylic acids is 2. The number of allylic oxidation sites excluding steroid dienone is 1. The highest BCUT2D eigenvalue weighted by Crippen LogP contribution is 2.29. The second-order valence-electron chi connectivity index (χ2n) is 7.06. The number of hydrogen-bond donors (Lipinski definition) is 2. The molecule has 3 heterocycles. The Morgan fingerprint density at radius 2 is 2.14 bits per heavy atom. The molecule has 8 nitrogen and oxygen atoms in total. The largest absolute Gasteiger partial charge is 0.377 e. The van der Waals surface area contributed by atoms with Gasteiger partial charge in [0.1, 0.15) is 15.7 Å². The van der Waals surface area contributed by atoms with Gasteiger partial charge in [0.15, 0.2) is 5.13 Å². The maximum atomic E-state index is 12.6. The fourth-order valence-electron chi connectivity index (χ4n) is 3.50. The van der Waals surface area contributed by atoms with E-state index < -0.39 is 0 Å². The van der Waals surface area contributed by atoms with Crippen molar-refractivity contribution in [3.8, 4) is 0 Å². The standard InChI is InChI=1S/C19H26ClN5O3S/c1-5-11-8-13(23-16(11)20)17(26)24-12-6-7-25(9-14(12)28-4)19-22-10(2)15(29-19)18(27)21-3/h12,14H,5-9H2,1-4H3,(H,21,27)(H,24,26)/t12?,14-/m0/s1. The number of aryl methyl sites for hydroxylation is 1. The molecule has 158 valence electrons. The second-order valence-corrected chi connectivity index (χ2v) is 8.40. The SMILES string of the molecule is CCC1=C(Cl)N=C(C(=O)NC2CCN(c3nc(C)c(C(=O)NC)s3)C[C@@H]2OC)C1. The molecule has 10 heteroatoms. The number of methoxy groups -OCH3 is 1. The number of halogens is 1. The lowest BCUT2D eigenvalue weighted by Crippen LogP contribution is -2.55. The minimum atomic E-state index is -0.198. The van der Waals surface area contributed by atoms with Crippen molar-refractivity contribution in [2.24, 2.45) is 4.99 Å². The van der Waals surface area contributed by atoms with E-state index in [1.165, 1.54) is 11.3 Å². The van der Waals surface area contributed by atoms with Crippen LogP contribution in [0.5, 0.6) is 0 Å². The molecule has 0 saturated carbocycles. The summed E-state index contributed by atoms with van der Waals surface area (Å²) in [6, 6.07) is -0.129. The second kappa shape index (κ2) is 9.23. The molecular weight excluding hydrogens is 414 g/mol. The first kappa shape index (κ1) is 21.7. The molecule has 1 aromatic heterocycles. The van der Waals surface area contributed by atoms with Crippen LogP contribution in [-0.4, -0.2) is 61.9 Å². The third-order valence-electron chi connectivity index (χ3n) is 5.26. The summed E-state index contributed by atoms with van der Waals surface area (Å²) in [5.41, 5.74) is 2.15. The molecule has 29 heavy (non-hydrogen) atoms. The monoisotopic (exact) mass is 439 g/mol. The van der Waals surface area contributed by atoms with Crippen LogP contribution in [0.1, 0.15) is 41.6 Å². The van der Waals surface area contributed by atoms with E-state index >= 15 is 0 Å². The lowest BCUT2D eigenvalue weighted by molar-refractivity contribution is -0.116. The Balaban J connectivity index is 1.64. The number of hydrogen-bond acceptors (Lipinski definition) is 7. The highest BCUT2D eigenvalue weighted by Gasteiger charge is 2.33. The van der Waals surface area contributed by atoms with E-state index in [1.807, 2.05) is 13.8 Å². The van der Waals surface area contributed by atoms with E-state index in [2.05, 4.69) is 25.5 Å². The smallest absolute Gasteiger partial charge is 0.266 e. The first-order valence-corrected chi connectivity index (χ1v) is 10.8. The summed E-state index contributed by atoms with van der Waals surface area (Å²) in [7, 11) is 3.24. The van der Waals surface area contributed by atoms with Gasteiger partial charge >= 0.3 is 0 Å². The topological polar surface area (TPSA) is 95.9 Å². The van der Waals surface area contributed by atoms with Gasteiger partial charge in [-0.05, 0) is 25.3 Å². The Kier molecular flexibility index (Phi) is 6.92. The number of aliphatic imine (C=N–C) groups is 1. The van der Waals surface area contributed by atoms with Crippen molar-refractivity contribution in [2.45, 2.75) is 45.3 Å². The Bertz CT molecular complexity index is 866. The lowest BCUT2D eigenvalue weighted by Gasteiger charge is -2.38. The average molecular weight is 440 g/mol. The van der Waals surface area contributed by atoms with Gasteiger partial charge in [-0.25, -0.2) is 9.98 Å². The van der Waals surface area contributed by atoms with E-state index in [9.17, 15) is 9.59 Å². The summed E-state index contributed by atoms with van der Waals surface area (Å²) < 4.78 is 5.65. The van der Waals surface area contributed by atoms with Crippen LogP contribution in [0, 0.1) is 6.92 Å². The summed E-state index contributed by atoms with van der Waals surface area (Å²) in [6.45, 7) is 5.11. The number of aromatic nitrogens is 1. The molecule has 0 spiro atoms. The fourth-order valence-corrected chi connectivity index (χ4v) is 4.85. The van der Waals surface area contributed by atoms with E-state index in [1.54, 1.807) is 14.2 Å². The molecule has 2 aliphatic heterocycles. The molecule has 2 aliphatic rings. The van der Waals surface area contributed by atoms with E-state index in [0.717, 1.165) is 17.1 Å². The van der Waals surface area contributed by atoms with Crippen LogP contribution in [0.3, 0.4) is 0 Å². The zero-order valence-corrected chi connectivity index (χ0v) is 18.6. The van der Waals surface area contributed by atoms with Crippen LogP contribution in [0.2, 0.25) is 0 Å². The minimum absolute atomic E-state index is 0.129. The Morgan fingerprint density at radius 3 is 2.76 bits per heavy atom. The molecule has 2 amide bonds. The normalized spacial score (nSPS) is 22.0. The van der Waals surface area contributed by atoms with Gasteiger partial charge in [0, 0.05) is 33.7 Å². The van der Waals surface area contributed by atoms with Crippen molar-refractivity contribution < 1.29 is 14.3 Å². The molecule has 2 N–H and O–H groups in total. The number of anilines is 1. The molecule has 1 aromatic rings.